The molecule has 0 N–H and O–H groups in total. The molecule has 23 heavy (non-hydrogen) atoms. The van der Waals surface area contributed by atoms with Crippen molar-refractivity contribution in [3.05, 3.63) is 29.8 Å². The summed E-state index contributed by atoms with van der Waals surface area (Å²) in [5.41, 5.74) is -2.88. The van der Waals surface area contributed by atoms with E-state index in [0.717, 1.165) is 7.11 Å². The van der Waals surface area contributed by atoms with E-state index in [1.807, 2.05) is 18.2 Å². The zero-order valence-corrected chi connectivity index (χ0v) is 13.0. The topological polar surface area (TPSA) is 107 Å². The second-order valence-corrected chi connectivity index (χ2v) is 5.48. The molecule has 1 aromatic carbocycles. The Morgan fingerprint density at radius 1 is 1.09 bits per heavy atom. The third-order valence-electron chi connectivity index (χ3n) is 4.78. The number of nitrogens with zero attached hydrogens (tertiary/aromatic N) is 3. The summed E-state index contributed by atoms with van der Waals surface area (Å²) in [6.45, 7) is 1.68. The Hall–Kier alpha value is -3.04. The average Bonchev–Trinajstić information content (AvgIpc) is 2.60. The molecule has 0 aliphatic heterocycles. The van der Waals surface area contributed by atoms with Gasteiger partial charge in [0.05, 0.1) is 32.4 Å². The maximum absolute atomic E-state index is 12.2. The van der Waals surface area contributed by atoms with Crippen molar-refractivity contribution < 1.29 is 14.3 Å². The first-order valence-corrected chi connectivity index (χ1v) is 6.95. The minimum atomic E-state index is -1.80. The van der Waals surface area contributed by atoms with Crippen molar-refractivity contribution in [3.63, 3.8) is 0 Å². The van der Waals surface area contributed by atoms with Crippen molar-refractivity contribution >= 4 is 5.97 Å². The summed E-state index contributed by atoms with van der Waals surface area (Å²) in [6, 6.07) is 12.6. The Bertz CT molecular complexity index is 737. The van der Waals surface area contributed by atoms with Crippen LogP contribution >= 0.6 is 0 Å². The molecule has 1 aromatic rings. The monoisotopic (exact) mass is 309 g/mol. The predicted molar refractivity (Wildman–Crippen MR) is 78.6 cm³/mol. The summed E-state index contributed by atoms with van der Waals surface area (Å²) in [5, 5.41) is 28.9. The molecule has 0 heterocycles. The molecule has 1 fully saturated rings. The van der Waals surface area contributed by atoms with Crippen LogP contribution in [0, 0.1) is 50.7 Å². The average molecular weight is 309 g/mol. The summed E-state index contributed by atoms with van der Waals surface area (Å²) in [5.74, 6) is -1.31. The van der Waals surface area contributed by atoms with E-state index in [1.165, 1.54) is 7.11 Å². The van der Waals surface area contributed by atoms with Crippen LogP contribution in [0.2, 0.25) is 0 Å². The second kappa shape index (κ2) is 5.63. The maximum atomic E-state index is 12.2. The first-order valence-electron chi connectivity index (χ1n) is 6.95. The van der Waals surface area contributed by atoms with E-state index in [4.69, 9.17) is 9.47 Å². The molecule has 6 nitrogen and oxygen atoms in total. The fourth-order valence-electron chi connectivity index (χ4n) is 3.57. The van der Waals surface area contributed by atoms with E-state index in [1.54, 1.807) is 31.2 Å². The molecular weight excluding hydrogens is 294 g/mol. The number of nitriles is 3. The molecule has 3 atom stereocenters. The highest BCUT2D eigenvalue weighted by molar-refractivity contribution is 5.86. The zero-order chi connectivity index (χ0) is 17.3. The van der Waals surface area contributed by atoms with Gasteiger partial charge in [0.15, 0.2) is 10.8 Å². The summed E-state index contributed by atoms with van der Waals surface area (Å²) in [6.07, 6.45) is 0. The van der Waals surface area contributed by atoms with Crippen LogP contribution < -0.4 is 4.74 Å². The highest BCUT2D eigenvalue weighted by Crippen LogP contribution is 2.68. The van der Waals surface area contributed by atoms with E-state index >= 15 is 0 Å². The first-order chi connectivity index (χ1) is 11.0. The maximum Gasteiger partial charge on any atom is 0.329 e. The molecule has 0 unspecified atom stereocenters. The van der Waals surface area contributed by atoms with E-state index in [-0.39, 0.29) is 0 Å². The highest BCUT2D eigenvalue weighted by Gasteiger charge is 2.77. The van der Waals surface area contributed by atoms with Crippen LogP contribution in [0.3, 0.4) is 0 Å². The lowest BCUT2D eigenvalue weighted by molar-refractivity contribution is -0.171. The van der Waals surface area contributed by atoms with Gasteiger partial charge in [-0.3, -0.25) is 4.79 Å². The van der Waals surface area contributed by atoms with Crippen molar-refractivity contribution in [2.75, 3.05) is 14.2 Å². The number of hydrogen-bond acceptors (Lipinski definition) is 6. The SMILES string of the molecule is COC(=O)[C@@]1(C#N)[C@H](C)[C@@H](c2ccc(OC)cc2)C1(C#N)C#N. The number of hydrogen-bond donors (Lipinski definition) is 0. The normalized spacial score (nSPS) is 27.5. The molecule has 0 bridgehead atoms. The van der Waals surface area contributed by atoms with Gasteiger partial charge in [0.2, 0.25) is 0 Å². The van der Waals surface area contributed by atoms with Crippen LogP contribution in [-0.4, -0.2) is 20.2 Å². The number of carbonyl (C=O) groups excluding carboxylic acids is 1. The number of benzene rings is 1. The van der Waals surface area contributed by atoms with Crippen LogP contribution in [0.15, 0.2) is 24.3 Å². The van der Waals surface area contributed by atoms with E-state index < -0.39 is 28.6 Å². The van der Waals surface area contributed by atoms with Gasteiger partial charge in [-0.1, -0.05) is 19.1 Å². The Morgan fingerprint density at radius 2 is 1.65 bits per heavy atom. The van der Waals surface area contributed by atoms with Crippen LogP contribution in [0.4, 0.5) is 0 Å². The molecule has 1 saturated carbocycles. The zero-order valence-electron chi connectivity index (χ0n) is 13.0. The quantitative estimate of drug-likeness (QED) is 0.792. The summed E-state index contributed by atoms with van der Waals surface area (Å²) < 4.78 is 9.81. The summed E-state index contributed by atoms with van der Waals surface area (Å²) >= 11 is 0. The molecule has 0 aromatic heterocycles. The van der Waals surface area contributed by atoms with Crippen LogP contribution in [0.1, 0.15) is 18.4 Å². The molecule has 116 valence electrons. The van der Waals surface area contributed by atoms with E-state index in [2.05, 4.69) is 0 Å². The van der Waals surface area contributed by atoms with Gasteiger partial charge in [0.1, 0.15) is 5.75 Å². The molecule has 2 rings (SSSR count). The lowest BCUT2D eigenvalue weighted by Gasteiger charge is -2.56. The van der Waals surface area contributed by atoms with Crippen molar-refractivity contribution in [1.82, 2.24) is 0 Å². The minimum absolute atomic E-state index is 0.535. The van der Waals surface area contributed by atoms with E-state index in [0.29, 0.717) is 11.3 Å². The Kier molecular flexibility index (Phi) is 4.00. The van der Waals surface area contributed by atoms with Crippen LogP contribution in [-0.2, 0) is 9.53 Å². The van der Waals surface area contributed by atoms with E-state index in [9.17, 15) is 20.6 Å². The molecule has 6 heteroatoms. The standard InChI is InChI=1S/C17H15N3O3/c1-11-14(12-4-6-13(22-2)7-5-12)16(8-18,9-19)17(11,10-20)15(21)23-3/h4-7,11,14H,1-3H3/t11-,14+,17-/m1/s1. The number of carbonyl (C=O) groups is 1. The highest BCUT2D eigenvalue weighted by atomic mass is 16.5. The van der Waals surface area contributed by atoms with Gasteiger partial charge in [-0.15, -0.1) is 0 Å². The fraction of sp³-hybridized carbons (Fsp3) is 0.412. The largest absolute Gasteiger partial charge is 0.497 e. The predicted octanol–water partition coefficient (Wildman–Crippen LogP) is 2.15. The molecular formula is C17H15N3O3. The molecule has 0 amide bonds. The number of rotatable bonds is 3. The number of methoxy groups -OCH3 is 2. The number of esters is 1. The van der Waals surface area contributed by atoms with Crippen LogP contribution in [0.25, 0.3) is 0 Å². The summed E-state index contributed by atoms with van der Waals surface area (Å²) in [4.78, 5) is 12.2. The van der Waals surface area contributed by atoms with Gasteiger partial charge in [0, 0.05) is 5.92 Å². The molecule has 0 radical (unpaired) electrons. The van der Waals surface area contributed by atoms with Gasteiger partial charge in [0.25, 0.3) is 0 Å². The molecule has 1 aliphatic rings. The lowest BCUT2D eigenvalue weighted by atomic mass is 9.38. The third kappa shape index (κ3) is 1.81. The van der Waals surface area contributed by atoms with Crippen molar-refractivity contribution in [1.29, 1.82) is 15.8 Å². The van der Waals surface area contributed by atoms with Gasteiger partial charge in [-0.05, 0) is 23.6 Å². The third-order valence-corrected chi connectivity index (χ3v) is 4.78. The minimum Gasteiger partial charge on any atom is -0.497 e. The van der Waals surface area contributed by atoms with Crippen LogP contribution in [0.5, 0.6) is 5.75 Å². The Morgan fingerprint density at radius 3 is 2.04 bits per heavy atom. The van der Waals surface area contributed by atoms with Gasteiger partial charge >= 0.3 is 5.97 Å². The Balaban J connectivity index is 2.59. The lowest BCUT2D eigenvalue weighted by Crippen LogP contribution is -2.65. The van der Waals surface area contributed by atoms with Crippen molar-refractivity contribution in [3.8, 4) is 24.0 Å². The summed E-state index contributed by atoms with van der Waals surface area (Å²) in [7, 11) is 2.68. The second-order valence-electron chi connectivity index (χ2n) is 5.48. The van der Waals surface area contributed by atoms with Gasteiger partial charge in [-0.2, -0.15) is 15.8 Å². The number of ether oxygens (including phenoxy) is 2. The van der Waals surface area contributed by atoms with Gasteiger partial charge in [-0.25, -0.2) is 0 Å². The first kappa shape index (κ1) is 16.3. The molecule has 1 aliphatic carbocycles. The Labute approximate surface area is 134 Å². The smallest absolute Gasteiger partial charge is 0.329 e. The molecule has 0 spiro atoms. The molecule has 0 saturated heterocycles. The van der Waals surface area contributed by atoms with Gasteiger partial charge < -0.3 is 9.47 Å². The van der Waals surface area contributed by atoms with Crippen molar-refractivity contribution in [2.24, 2.45) is 16.7 Å². The van der Waals surface area contributed by atoms with Crippen molar-refractivity contribution in [2.45, 2.75) is 12.8 Å². The fourth-order valence-corrected chi connectivity index (χ4v) is 3.57.